The lowest BCUT2D eigenvalue weighted by Crippen LogP contribution is -2.74. The summed E-state index contributed by atoms with van der Waals surface area (Å²) in [4.78, 5) is 57.4. The SMILES string of the molecule is CC1(C)C(NC(=O)c2ccc(CCCCCCN3C[C@@H]4C[C@H]3CN4c3ccc4c(c3)CN([C@@H]3CCC(=O)NC3=O)C4=O)cc2)C(C)(C)C1Oc1ccc(C#N)c(Cl)c1. The minimum Gasteiger partial charge on any atom is -0.489 e. The number of halogens is 1. The van der Waals surface area contributed by atoms with Crippen LogP contribution in [0.3, 0.4) is 0 Å². The second-order valence-corrected chi connectivity index (χ2v) is 18.5. The van der Waals surface area contributed by atoms with Crippen molar-refractivity contribution >= 4 is 40.9 Å². The van der Waals surface area contributed by atoms with Crippen LogP contribution in [0.4, 0.5) is 5.69 Å². The molecule has 0 aromatic heterocycles. The third-order valence-electron chi connectivity index (χ3n) is 13.5. The molecule has 0 unspecified atom stereocenters. The molecule has 58 heavy (non-hydrogen) atoms. The van der Waals surface area contributed by atoms with Crippen LogP contribution in [-0.4, -0.2) is 83.3 Å². The number of piperazine rings is 1. The Morgan fingerprint density at radius 2 is 1.69 bits per heavy atom. The number of imide groups is 1. The summed E-state index contributed by atoms with van der Waals surface area (Å²) in [5.74, 6) is -0.254. The summed E-state index contributed by atoms with van der Waals surface area (Å²) in [7, 11) is 0. The number of unbranched alkanes of at least 4 members (excludes halogenated alkanes) is 3. The average molecular weight is 805 g/mol. The number of likely N-dealkylation sites (tertiary alicyclic amines) is 1. The number of nitriles is 1. The van der Waals surface area contributed by atoms with Crippen LogP contribution >= 0.6 is 11.6 Å². The number of rotatable bonds is 13. The highest BCUT2D eigenvalue weighted by Crippen LogP contribution is 2.55. The largest absolute Gasteiger partial charge is 0.489 e. The molecule has 0 radical (unpaired) electrons. The molecule has 5 aliphatic rings. The summed E-state index contributed by atoms with van der Waals surface area (Å²) < 4.78 is 6.37. The van der Waals surface area contributed by atoms with Gasteiger partial charge in [0.05, 0.1) is 10.6 Å². The Kier molecular flexibility index (Phi) is 10.8. The summed E-state index contributed by atoms with van der Waals surface area (Å²) in [6.45, 7) is 12.0. The minimum atomic E-state index is -0.593. The van der Waals surface area contributed by atoms with Crippen LogP contribution in [0.15, 0.2) is 60.7 Å². The number of piperidine rings is 1. The van der Waals surface area contributed by atoms with Gasteiger partial charge in [-0.15, -0.1) is 0 Å². The lowest BCUT2D eigenvalue weighted by atomic mass is 9.49. The van der Waals surface area contributed by atoms with Gasteiger partial charge >= 0.3 is 0 Å². The molecule has 3 aromatic rings. The maximum absolute atomic E-state index is 13.4. The Morgan fingerprint density at radius 1 is 0.931 bits per heavy atom. The van der Waals surface area contributed by atoms with Crippen LogP contribution in [0.5, 0.6) is 5.75 Å². The van der Waals surface area contributed by atoms with Gasteiger partial charge in [-0.3, -0.25) is 29.4 Å². The molecule has 3 atom stereocenters. The molecule has 2 N–H and O–H groups in total. The van der Waals surface area contributed by atoms with E-state index >= 15 is 0 Å². The number of hydrogen-bond acceptors (Lipinski definition) is 8. The standard InChI is InChI=1S/C46H53ClN6O5/c1-45(2)43(46(3,4)44(45)58-35-16-14-30(24-48)37(47)23-35)50-40(55)29-12-10-28(11-13-29)9-7-5-6-8-20-51-26-34-22-33(51)27-52(34)32-15-17-36-31(21-32)25-53(42(36)57)38-18-19-39(54)49-41(38)56/h10-17,21,23,33-34,38,43-44H,5-9,18-20,22,25-27H2,1-4H3,(H,50,55)(H,49,54,56)/t33-,34-,38+,43?,44?/m0/s1. The van der Waals surface area contributed by atoms with Gasteiger partial charge in [0.25, 0.3) is 11.8 Å². The molecule has 3 aromatic carbocycles. The van der Waals surface area contributed by atoms with Crippen molar-refractivity contribution in [3.8, 4) is 11.8 Å². The first-order valence-corrected chi connectivity index (χ1v) is 21.2. The zero-order valence-corrected chi connectivity index (χ0v) is 34.6. The van der Waals surface area contributed by atoms with Gasteiger partial charge in [0.2, 0.25) is 11.8 Å². The van der Waals surface area contributed by atoms with Crippen molar-refractivity contribution in [2.75, 3.05) is 24.5 Å². The van der Waals surface area contributed by atoms with Gasteiger partial charge < -0.3 is 19.9 Å². The quantitative estimate of drug-likeness (QED) is 0.145. The fourth-order valence-electron chi connectivity index (χ4n) is 10.7. The van der Waals surface area contributed by atoms with Gasteiger partial charge in [0, 0.05) is 77.9 Å². The van der Waals surface area contributed by atoms with Crippen molar-refractivity contribution in [2.45, 2.75) is 116 Å². The molecule has 1 aliphatic carbocycles. The Morgan fingerprint density at radius 3 is 2.38 bits per heavy atom. The summed E-state index contributed by atoms with van der Waals surface area (Å²) >= 11 is 6.25. The van der Waals surface area contributed by atoms with E-state index in [4.69, 9.17) is 16.3 Å². The molecule has 8 rings (SSSR count). The van der Waals surface area contributed by atoms with Crippen molar-refractivity contribution in [3.63, 3.8) is 0 Å². The third kappa shape index (κ3) is 7.46. The Balaban J connectivity index is 0.740. The number of fused-ring (bicyclic) bond motifs is 3. The monoisotopic (exact) mass is 804 g/mol. The highest BCUT2D eigenvalue weighted by molar-refractivity contribution is 6.31. The number of carbonyl (C=O) groups excluding carboxylic acids is 4. The molecule has 304 valence electrons. The van der Waals surface area contributed by atoms with Crippen molar-refractivity contribution < 1.29 is 23.9 Å². The number of nitrogens with zero attached hydrogens (tertiary/aromatic N) is 4. The smallest absolute Gasteiger partial charge is 0.255 e. The summed E-state index contributed by atoms with van der Waals surface area (Å²) in [5.41, 5.74) is 4.42. The summed E-state index contributed by atoms with van der Waals surface area (Å²) in [5, 5.41) is 15.2. The average Bonchev–Trinajstić information content (AvgIpc) is 3.90. The predicted octanol–water partition coefficient (Wildman–Crippen LogP) is 6.65. The fourth-order valence-corrected chi connectivity index (χ4v) is 10.9. The second-order valence-electron chi connectivity index (χ2n) is 18.1. The zero-order chi connectivity index (χ0) is 40.9. The molecule has 4 fully saturated rings. The van der Waals surface area contributed by atoms with E-state index in [1.165, 1.54) is 24.8 Å². The maximum Gasteiger partial charge on any atom is 0.255 e. The fraction of sp³-hybridized carbons (Fsp3) is 0.500. The van der Waals surface area contributed by atoms with Crippen molar-refractivity contribution in [1.82, 2.24) is 20.4 Å². The Labute approximate surface area is 346 Å². The number of ether oxygens (including phenoxy) is 1. The highest BCUT2D eigenvalue weighted by atomic mass is 35.5. The van der Waals surface area contributed by atoms with E-state index in [2.05, 4.69) is 78.5 Å². The molecule has 1 saturated carbocycles. The Hall–Kier alpha value is -4.92. The normalized spacial score (nSPS) is 25.6. The highest BCUT2D eigenvalue weighted by Gasteiger charge is 2.64. The molecular formula is C46H53ClN6O5. The van der Waals surface area contributed by atoms with Crippen LogP contribution in [0, 0.1) is 22.2 Å². The minimum absolute atomic E-state index is 0.0848. The van der Waals surface area contributed by atoms with E-state index in [-0.39, 0.29) is 53.0 Å². The second kappa shape index (κ2) is 15.7. The van der Waals surface area contributed by atoms with Crippen LogP contribution < -0.4 is 20.3 Å². The van der Waals surface area contributed by atoms with Crippen molar-refractivity contribution in [2.24, 2.45) is 10.8 Å². The van der Waals surface area contributed by atoms with Gasteiger partial charge in [0.15, 0.2) is 0 Å². The number of carbonyl (C=O) groups is 4. The van der Waals surface area contributed by atoms with E-state index in [0.29, 0.717) is 52.5 Å². The Bertz CT molecular complexity index is 2150. The van der Waals surface area contributed by atoms with Crippen molar-refractivity contribution in [1.29, 1.82) is 5.26 Å². The first-order chi connectivity index (χ1) is 27.7. The molecule has 4 heterocycles. The van der Waals surface area contributed by atoms with Gasteiger partial charge in [-0.1, -0.05) is 64.3 Å². The molecule has 4 aliphatic heterocycles. The first-order valence-electron chi connectivity index (χ1n) is 20.8. The molecule has 11 nitrogen and oxygen atoms in total. The first kappa shape index (κ1) is 39.9. The number of amides is 4. The van der Waals surface area contributed by atoms with E-state index in [0.717, 1.165) is 50.1 Å². The lowest BCUT2D eigenvalue weighted by molar-refractivity contribution is -0.164. The van der Waals surface area contributed by atoms with Gasteiger partial charge in [-0.2, -0.15) is 5.26 Å². The van der Waals surface area contributed by atoms with E-state index < -0.39 is 6.04 Å². The molecular weight excluding hydrogens is 752 g/mol. The van der Waals surface area contributed by atoms with Crippen molar-refractivity contribution in [3.05, 3.63) is 93.5 Å². The van der Waals surface area contributed by atoms with E-state index in [1.807, 2.05) is 18.2 Å². The van der Waals surface area contributed by atoms with E-state index in [9.17, 15) is 24.4 Å². The topological polar surface area (TPSA) is 135 Å². The number of aryl methyl sites for hydroxylation is 1. The van der Waals surface area contributed by atoms with Crippen LogP contribution in [-0.2, 0) is 22.6 Å². The molecule has 3 saturated heterocycles. The molecule has 2 bridgehead atoms. The summed E-state index contributed by atoms with van der Waals surface area (Å²) in [6, 6.07) is 21.6. The van der Waals surface area contributed by atoms with Crippen LogP contribution in [0.2, 0.25) is 5.02 Å². The lowest BCUT2D eigenvalue weighted by Gasteiger charge is -2.63. The number of benzene rings is 3. The molecule has 4 amide bonds. The number of nitrogens with one attached hydrogen (secondary N) is 2. The molecule has 0 spiro atoms. The number of hydrogen-bond donors (Lipinski definition) is 2. The third-order valence-corrected chi connectivity index (χ3v) is 13.8. The van der Waals surface area contributed by atoms with E-state index in [1.54, 1.807) is 23.1 Å². The van der Waals surface area contributed by atoms with Gasteiger partial charge in [0.1, 0.15) is 24.0 Å². The predicted molar refractivity (Wildman–Crippen MR) is 222 cm³/mol. The van der Waals surface area contributed by atoms with Crippen LogP contribution in [0.25, 0.3) is 0 Å². The van der Waals surface area contributed by atoms with Gasteiger partial charge in [-0.25, -0.2) is 0 Å². The van der Waals surface area contributed by atoms with Crippen LogP contribution in [0.1, 0.15) is 110 Å². The van der Waals surface area contributed by atoms with Gasteiger partial charge in [-0.05, 0) is 92.2 Å². The summed E-state index contributed by atoms with van der Waals surface area (Å²) in [6.07, 6.45) is 7.28. The maximum atomic E-state index is 13.4. The zero-order valence-electron chi connectivity index (χ0n) is 33.9. The molecule has 12 heteroatoms. The number of anilines is 1.